The topological polar surface area (TPSA) is 114 Å². The van der Waals surface area contributed by atoms with Crippen molar-refractivity contribution in [3.8, 4) is 11.5 Å². The van der Waals surface area contributed by atoms with E-state index in [1.807, 2.05) is 32.0 Å². The van der Waals surface area contributed by atoms with E-state index in [1.54, 1.807) is 30.3 Å². The molecule has 0 aliphatic rings. The molecule has 0 fully saturated rings. The second-order valence-corrected chi connectivity index (χ2v) is 9.40. The average Bonchev–Trinajstić information content (AvgIpc) is 2.74. The van der Waals surface area contributed by atoms with Crippen molar-refractivity contribution in [1.29, 1.82) is 0 Å². The summed E-state index contributed by atoms with van der Waals surface area (Å²) in [5.41, 5.74) is 1.21. The van der Waals surface area contributed by atoms with Gasteiger partial charge in [-0.05, 0) is 68.4 Å². The summed E-state index contributed by atoms with van der Waals surface area (Å²) < 4.78 is 30.8. The number of benzene rings is 3. The molecule has 33 heavy (non-hydrogen) atoms. The van der Waals surface area contributed by atoms with Gasteiger partial charge in [-0.25, -0.2) is 8.42 Å². The summed E-state index contributed by atoms with van der Waals surface area (Å²) in [5.74, 6) is 0.263. The largest absolute Gasteiger partial charge is 0.457 e. The van der Waals surface area contributed by atoms with Crippen LogP contribution >= 0.6 is 0 Å². The van der Waals surface area contributed by atoms with Crippen molar-refractivity contribution >= 4 is 33.2 Å². The molecule has 0 aliphatic carbocycles. The molecular formula is C24H25N3O5S. The molecule has 0 aliphatic heterocycles. The molecule has 0 atom stereocenters. The highest BCUT2D eigenvalue weighted by Gasteiger charge is 2.17. The summed E-state index contributed by atoms with van der Waals surface area (Å²) in [6.07, 6.45) is 1.04. The first-order valence-electron chi connectivity index (χ1n) is 10.2. The number of ether oxygens (including phenoxy) is 1. The van der Waals surface area contributed by atoms with Crippen LogP contribution < -0.4 is 20.1 Å². The van der Waals surface area contributed by atoms with E-state index in [0.29, 0.717) is 28.4 Å². The summed E-state index contributed by atoms with van der Waals surface area (Å²) in [6.45, 7) is 3.68. The number of sulfonamides is 1. The lowest BCUT2D eigenvalue weighted by Crippen LogP contribution is -2.31. The summed E-state index contributed by atoms with van der Waals surface area (Å²) in [4.78, 5) is 25.6. The molecule has 172 valence electrons. The number of rotatable bonds is 8. The predicted octanol–water partition coefficient (Wildman–Crippen LogP) is 4.24. The fraction of sp³-hybridized carbons (Fsp3) is 0.167. The Morgan fingerprint density at radius 3 is 2.12 bits per heavy atom. The highest BCUT2D eigenvalue weighted by atomic mass is 32.2. The Morgan fingerprint density at radius 2 is 1.52 bits per heavy atom. The zero-order chi connectivity index (χ0) is 24.0. The first kappa shape index (κ1) is 23.8. The van der Waals surface area contributed by atoms with Crippen molar-refractivity contribution in [3.63, 3.8) is 0 Å². The van der Waals surface area contributed by atoms with Crippen LogP contribution in [-0.4, -0.2) is 32.5 Å². The van der Waals surface area contributed by atoms with Gasteiger partial charge in [-0.1, -0.05) is 18.2 Å². The molecule has 0 spiro atoms. The molecule has 3 N–H and O–H groups in total. The van der Waals surface area contributed by atoms with E-state index >= 15 is 0 Å². The third-order valence-corrected chi connectivity index (χ3v) is 4.94. The van der Waals surface area contributed by atoms with Crippen LogP contribution in [0.4, 0.5) is 11.4 Å². The number of nitrogens with one attached hydrogen (secondary N) is 3. The zero-order valence-electron chi connectivity index (χ0n) is 18.5. The maximum atomic E-state index is 12.8. The fourth-order valence-electron chi connectivity index (χ4n) is 2.95. The van der Waals surface area contributed by atoms with E-state index in [9.17, 15) is 18.0 Å². The fourth-order valence-corrected chi connectivity index (χ4v) is 3.51. The van der Waals surface area contributed by atoms with Crippen LogP contribution in [-0.2, 0) is 10.0 Å². The van der Waals surface area contributed by atoms with E-state index in [1.165, 1.54) is 24.3 Å². The molecule has 0 saturated carbocycles. The van der Waals surface area contributed by atoms with Crippen molar-refractivity contribution in [2.75, 3.05) is 16.3 Å². The molecule has 0 saturated heterocycles. The van der Waals surface area contributed by atoms with Crippen LogP contribution in [0.15, 0.2) is 72.8 Å². The van der Waals surface area contributed by atoms with Gasteiger partial charge in [0.25, 0.3) is 11.8 Å². The summed E-state index contributed by atoms with van der Waals surface area (Å²) >= 11 is 0. The standard InChI is InChI=1S/C24H25N3O5S/c1-16(2)25-24(29)21-15-20(32-19-7-5-4-6-8-19)13-14-22(21)26-23(28)17-9-11-18(12-10-17)27-33(3,30)31/h4-16,27H,1-3H3,(H,25,29)(H,26,28). The van der Waals surface area contributed by atoms with E-state index in [4.69, 9.17) is 4.74 Å². The quantitative estimate of drug-likeness (QED) is 0.459. The summed E-state index contributed by atoms with van der Waals surface area (Å²) in [5, 5.41) is 5.57. The second kappa shape index (κ2) is 10.2. The molecule has 0 radical (unpaired) electrons. The van der Waals surface area contributed by atoms with Crippen LogP contribution in [0.2, 0.25) is 0 Å². The van der Waals surface area contributed by atoms with Crippen molar-refractivity contribution in [2.45, 2.75) is 19.9 Å². The lowest BCUT2D eigenvalue weighted by molar-refractivity contribution is 0.0943. The maximum absolute atomic E-state index is 12.8. The van der Waals surface area contributed by atoms with Crippen molar-refractivity contribution < 1.29 is 22.7 Å². The molecule has 3 aromatic carbocycles. The van der Waals surface area contributed by atoms with Gasteiger partial charge in [-0.3, -0.25) is 14.3 Å². The van der Waals surface area contributed by atoms with Gasteiger partial charge in [0, 0.05) is 17.3 Å². The monoisotopic (exact) mass is 467 g/mol. The minimum absolute atomic E-state index is 0.102. The molecule has 0 heterocycles. The Balaban J connectivity index is 1.84. The Kier molecular flexibility index (Phi) is 7.34. The van der Waals surface area contributed by atoms with Crippen LogP contribution in [0, 0.1) is 0 Å². The number of carbonyl (C=O) groups is 2. The molecule has 3 rings (SSSR count). The molecule has 0 unspecified atom stereocenters. The minimum Gasteiger partial charge on any atom is -0.457 e. The summed E-state index contributed by atoms with van der Waals surface area (Å²) in [7, 11) is -3.42. The van der Waals surface area contributed by atoms with E-state index in [2.05, 4.69) is 15.4 Å². The van der Waals surface area contributed by atoms with Gasteiger partial charge in [0.2, 0.25) is 10.0 Å². The van der Waals surface area contributed by atoms with Gasteiger partial charge in [-0.2, -0.15) is 0 Å². The number of para-hydroxylation sites is 1. The van der Waals surface area contributed by atoms with Crippen LogP contribution in [0.25, 0.3) is 0 Å². The number of amides is 2. The first-order chi connectivity index (χ1) is 15.6. The summed E-state index contributed by atoms with van der Waals surface area (Å²) in [6, 6.07) is 19.8. The average molecular weight is 468 g/mol. The number of hydrogen-bond acceptors (Lipinski definition) is 5. The zero-order valence-corrected chi connectivity index (χ0v) is 19.3. The minimum atomic E-state index is -3.42. The normalized spacial score (nSPS) is 11.0. The van der Waals surface area contributed by atoms with Gasteiger partial charge in [0.15, 0.2) is 0 Å². The molecule has 8 nitrogen and oxygen atoms in total. The Labute approximate surface area is 193 Å². The van der Waals surface area contributed by atoms with Crippen LogP contribution in [0.3, 0.4) is 0 Å². The molecule has 0 bridgehead atoms. The van der Waals surface area contributed by atoms with Crippen molar-refractivity contribution in [3.05, 3.63) is 83.9 Å². The maximum Gasteiger partial charge on any atom is 0.255 e. The van der Waals surface area contributed by atoms with E-state index < -0.39 is 15.9 Å². The van der Waals surface area contributed by atoms with Crippen LogP contribution in [0.5, 0.6) is 11.5 Å². The third-order valence-electron chi connectivity index (χ3n) is 4.33. The van der Waals surface area contributed by atoms with Gasteiger partial charge in [0.1, 0.15) is 11.5 Å². The smallest absolute Gasteiger partial charge is 0.255 e. The van der Waals surface area contributed by atoms with Crippen molar-refractivity contribution in [2.24, 2.45) is 0 Å². The van der Waals surface area contributed by atoms with E-state index in [-0.39, 0.29) is 17.5 Å². The Morgan fingerprint density at radius 1 is 0.848 bits per heavy atom. The van der Waals surface area contributed by atoms with Crippen molar-refractivity contribution in [1.82, 2.24) is 5.32 Å². The van der Waals surface area contributed by atoms with Gasteiger partial charge in [0.05, 0.1) is 17.5 Å². The molecule has 0 aromatic heterocycles. The first-order valence-corrected chi connectivity index (χ1v) is 12.1. The lowest BCUT2D eigenvalue weighted by atomic mass is 10.1. The molecular weight excluding hydrogens is 442 g/mol. The molecule has 9 heteroatoms. The number of anilines is 2. The van der Waals surface area contributed by atoms with E-state index in [0.717, 1.165) is 6.26 Å². The second-order valence-electron chi connectivity index (χ2n) is 7.66. The highest BCUT2D eigenvalue weighted by molar-refractivity contribution is 7.92. The number of hydrogen-bond donors (Lipinski definition) is 3. The Bertz CT molecular complexity index is 1240. The highest BCUT2D eigenvalue weighted by Crippen LogP contribution is 2.27. The molecule has 2 amide bonds. The van der Waals surface area contributed by atoms with Gasteiger partial charge >= 0.3 is 0 Å². The van der Waals surface area contributed by atoms with Gasteiger partial charge in [-0.15, -0.1) is 0 Å². The lowest BCUT2D eigenvalue weighted by Gasteiger charge is -2.15. The van der Waals surface area contributed by atoms with Gasteiger partial charge < -0.3 is 15.4 Å². The molecule has 3 aromatic rings. The number of carbonyl (C=O) groups excluding carboxylic acids is 2. The third kappa shape index (κ3) is 7.08. The Hall–Kier alpha value is -3.85. The SMILES string of the molecule is CC(C)NC(=O)c1cc(Oc2ccccc2)ccc1NC(=O)c1ccc(NS(C)(=O)=O)cc1. The van der Waals surface area contributed by atoms with Crippen LogP contribution in [0.1, 0.15) is 34.6 Å². The predicted molar refractivity (Wildman–Crippen MR) is 128 cm³/mol.